The fourth-order valence-electron chi connectivity index (χ4n) is 3.18. The Balaban J connectivity index is 1.63. The molecule has 158 valence electrons. The number of nitrogens with one attached hydrogen (secondary N) is 1. The van der Waals surface area contributed by atoms with Crippen LogP contribution in [0.2, 0.25) is 5.02 Å². The van der Waals surface area contributed by atoms with Crippen LogP contribution in [0.15, 0.2) is 65.1 Å². The van der Waals surface area contributed by atoms with E-state index in [1.165, 1.54) is 22.5 Å². The number of halogens is 1. The first-order valence-electron chi connectivity index (χ1n) is 9.72. The van der Waals surface area contributed by atoms with E-state index >= 15 is 0 Å². The highest BCUT2D eigenvalue weighted by atomic mass is 35.5. The van der Waals surface area contributed by atoms with Gasteiger partial charge in [-0.25, -0.2) is 0 Å². The Morgan fingerprint density at radius 1 is 1.13 bits per heavy atom. The minimum Gasteiger partial charge on any atom is -0.344 e. The molecular formula is C23H21ClN4OS2. The number of aryl methyl sites for hydroxylation is 2. The van der Waals surface area contributed by atoms with Gasteiger partial charge < -0.3 is 5.32 Å². The SMILES string of the molecule is Cc1cccc(CSc2nnc(CNC(=O)c3cccs3)n2-c2cc(Cl)ccc2C)c1. The van der Waals surface area contributed by atoms with Crippen molar-refractivity contribution in [3.8, 4) is 5.69 Å². The molecular weight excluding hydrogens is 448 g/mol. The lowest BCUT2D eigenvalue weighted by atomic mass is 10.2. The molecule has 2 heterocycles. The number of hydrogen-bond acceptors (Lipinski definition) is 5. The Morgan fingerprint density at radius 2 is 2.00 bits per heavy atom. The number of aromatic nitrogens is 3. The average Bonchev–Trinajstić information content (AvgIpc) is 3.42. The van der Waals surface area contributed by atoms with Crippen molar-refractivity contribution < 1.29 is 4.79 Å². The molecule has 2 aromatic carbocycles. The monoisotopic (exact) mass is 468 g/mol. The van der Waals surface area contributed by atoms with Gasteiger partial charge in [-0.1, -0.05) is 65.3 Å². The average molecular weight is 469 g/mol. The molecule has 5 nitrogen and oxygen atoms in total. The Morgan fingerprint density at radius 3 is 2.77 bits per heavy atom. The van der Waals surface area contributed by atoms with Crippen molar-refractivity contribution >= 4 is 40.6 Å². The second kappa shape index (κ2) is 9.68. The van der Waals surface area contributed by atoms with E-state index in [9.17, 15) is 4.79 Å². The van der Waals surface area contributed by atoms with E-state index < -0.39 is 0 Å². The molecule has 0 atom stereocenters. The first kappa shape index (κ1) is 21.6. The van der Waals surface area contributed by atoms with Crippen molar-refractivity contribution in [3.63, 3.8) is 0 Å². The molecule has 1 N–H and O–H groups in total. The van der Waals surface area contributed by atoms with E-state index in [0.29, 0.717) is 15.7 Å². The predicted octanol–water partition coefficient (Wildman–Crippen LogP) is 5.82. The van der Waals surface area contributed by atoms with Crippen LogP contribution in [0, 0.1) is 13.8 Å². The van der Waals surface area contributed by atoms with Gasteiger partial charge >= 0.3 is 0 Å². The number of rotatable bonds is 7. The Labute approximate surface area is 194 Å². The summed E-state index contributed by atoms with van der Waals surface area (Å²) in [5.74, 6) is 1.30. The molecule has 31 heavy (non-hydrogen) atoms. The first-order valence-corrected chi connectivity index (χ1v) is 12.0. The zero-order valence-corrected chi connectivity index (χ0v) is 19.5. The fourth-order valence-corrected chi connectivity index (χ4v) is 4.89. The molecule has 0 radical (unpaired) electrons. The molecule has 2 aromatic heterocycles. The third kappa shape index (κ3) is 5.18. The molecule has 0 fully saturated rings. The molecule has 8 heteroatoms. The van der Waals surface area contributed by atoms with Crippen LogP contribution in [0.25, 0.3) is 5.69 Å². The fraction of sp³-hybridized carbons (Fsp3) is 0.174. The van der Waals surface area contributed by atoms with Gasteiger partial charge in [0.1, 0.15) is 0 Å². The quantitative estimate of drug-likeness (QED) is 0.347. The standard InChI is InChI=1S/C23H21ClN4OS2/c1-15-5-3-6-17(11-15)14-31-23-27-26-21(13-25-22(29)20-7-4-10-30-20)28(23)19-12-18(24)9-8-16(19)2/h3-12H,13-14H2,1-2H3,(H,25,29). The van der Waals surface area contributed by atoms with E-state index in [0.717, 1.165) is 22.2 Å². The molecule has 1 amide bonds. The van der Waals surface area contributed by atoms with Crippen molar-refractivity contribution in [1.82, 2.24) is 20.1 Å². The largest absolute Gasteiger partial charge is 0.344 e. The summed E-state index contributed by atoms with van der Waals surface area (Å²) in [5, 5.41) is 15.0. The van der Waals surface area contributed by atoms with E-state index in [4.69, 9.17) is 11.6 Å². The number of hydrogen-bond donors (Lipinski definition) is 1. The molecule has 4 aromatic rings. The smallest absolute Gasteiger partial charge is 0.261 e. The molecule has 0 unspecified atom stereocenters. The minimum atomic E-state index is -0.124. The summed E-state index contributed by atoms with van der Waals surface area (Å²) in [5.41, 5.74) is 4.40. The van der Waals surface area contributed by atoms with Gasteiger partial charge in [-0.15, -0.1) is 21.5 Å². The maximum absolute atomic E-state index is 12.4. The summed E-state index contributed by atoms with van der Waals surface area (Å²) in [4.78, 5) is 13.1. The summed E-state index contributed by atoms with van der Waals surface area (Å²) >= 11 is 9.31. The number of thioether (sulfide) groups is 1. The summed E-state index contributed by atoms with van der Waals surface area (Å²) in [6.45, 7) is 4.37. The molecule has 0 bridgehead atoms. The maximum atomic E-state index is 12.4. The second-order valence-corrected chi connectivity index (χ2v) is 9.43. The second-order valence-electron chi connectivity index (χ2n) is 7.10. The number of nitrogens with zero attached hydrogens (tertiary/aromatic N) is 3. The predicted molar refractivity (Wildman–Crippen MR) is 127 cm³/mol. The van der Waals surface area contributed by atoms with E-state index in [2.05, 4.69) is 46.7 Å². The zero-order valence-electron chi connectivity index (χ0n) is 17.1. The van der Waals surface area contributed by atoms with Crippen LogP contribution in [-0.4, -0.2) is 20.7 Å². The van der Waals surface area contributed by atoms with Crippen LogP contribution in [0.1, 0.15) is 32.2 Å². The normalized spacial score (nSPS) is 10.9. The van der Waals surface area contributed by atoms with Crippen molar-refractivity contribution in [2.45, 2.75) is 31.3 Å². The van der Waals surface area contributed by atoms with Crippen LogP contribution in [-0.2, 0) is 12.3 Å². The first-order chi connectivity index (χ1) is 15.0. The maximum Gasteiger partial charge on any atom is 0.261 e. The molecule has 0 spiro atoms. The third-order valence-corrected chi connectivity index (χ3v) is 6.82. The summed E-state index contributed by atoms with van der Waals surface area (Å²) < 4.78 is 1.98. The van der Waals surface area contributed by atoms with E-state index in [1.807, 2.05) is 41.1 Å². The van der Waals surface area contributed by atoms with Gasteiger partial charge in [0.05, 0.1) is 17.1 Å². The van der Waals surface area contributed by atoms with Crippen LogP contribution in [0.3, 0.4) is 0 Å². The van der Waals surface area contributed by atoms with Gasteiger partial charge in [0, 0.05) is 10.8 Å². The summed E-state index contributed by atoms with van der Waals surface area (Å²) in [7, 11) is 0. The number of benzene rings is 2. The highest BCUT2D eigenvalue weighted by molar-refractivity contribution is 7.98. The molecule has 0 aliphatic carbocycles. The Hall–Kier alpha value is -2.61. The lowest BCUT2D eigenvalue weighted by molar-refractivity contribution is 0.0953. The summed E-state index contributed by atoms with van der Waals surface area (Å²) in [6, 6.07) is 17.8. The van der Waals surface area contributed by atoms with Gasteiger partial charge in [0.2, 0.25) is 0 Å². The van der Waals surface area contributed by atoms with Crippen LogP contribution in [0.4, 0.5) is 0 Å². The van der Waals surface area contributed by atoms with Gasteiger partial charge in [0.15, 0.2) is 11.0 Å². The molecule has 0 aliphatic rings. The molecule has 0 saturated carbocycles. The number of carbonyl (C=O) groups excluding carboxylic acids is 1. The topological polar surface area (TPSA) is 59.8 Å². The van der Waals surface area contributed by atoms with Crippen LogP contribution < -0.4 is 5.32 Å². The lowest BCUT2D eigenvalue weighted by Crippen LogP contribution is -2.24. The minimum absolute atomic E-state index is 0.124. The Bertz CT molecular complexity index is 1200. The third-order valence-electron chi connectivity index (χ3n) is 4.71. The highest BCUT2D eigenvalue weighted by Crippen LogP contribution is 2.28. The van der Waals surface area contributed by atoms with E-state index in [-0.39, 0.29) is 12.5 Å². The highest BCUT2D eigenvalue weighted by Gasteiger charge is 2.18. The lowest BCUT2D eigenvalue weighted by Gasteiger charge is -2.14. The molecule has 4 rings (SSSR count). The zero-order chi connectivity index (χ0) is 21.8. The van der Waals surface area contributed by atoms with Crippen molar-refractivity contribution in [3.05, 3.63) is 92.4 Å². The number of carbonyl (C=O) groups is 1. The van der Waals surface area contributed by atoms with Gasteiger partial charge in [0.25, 0.3) is 5.91 Å². The van der Waals surface area contributed by atoms with Gasteiger partial charge in [-0.05, 0) is 48.6 Å². The van der Waals surface area contributed by atoms with Gasteiger partial charge in [-0.3, -0.25) is 9.36 Å². The number of thiophene rings is 1. The van der Waals surface area contributed by atoms with Crippen LogP contribution >= 0.6 is 34.7 Å². The van der Waals surface area contributed by atoms with E-state index in [1.54, 1.807) is 17.8 Å². The van der Waals surface area contributed by atoms with Gasteiger partial charge in [-0.2, -0.15) is 0 Å². The Kier molecular flexibility index (Phi) is 6.75. The van der Waals surface area contributed by atoms with Crippen molar-refractivity contribution in [1.29, 1.82) is 0 Å². The summed E-state index contributed by atoms with van der Waals surface area (Å²) in [6.07, 6.45) is 0. The van der Waals surface area contributed by atoms with Crippen molar-refractivity contribution in [2.75, 3.05) is 0 Å². The van der Waals surface area contributed by atoms with Crippen molar-refractivity contribution in [2.24, 2.45) is 0 Å². The molecule has 0 aliphatic heterocycles. The number of amides is 1. The van der Waals surface area contributed by atoms with Crippen LogP contribution in [0.5, 0.6) is 0 Å². The molecule has 0 saturated heterocycles.